The van der Waals surface area contributed by atoms with Crippen LogP contribution in [0.2, 0.25) is 50.4 Å². The summed E-state index contributed by atoms with van der Waals surface area (Å²) < 4.78 is 32.4. The molecule has 2 atom stereocenters. The smallest absolute Gasteiger partial charge is 0.317 e. The molecule has 0 saturated carbocycles. The van der Waals surface area contributed by atoms with Crippen LogP contribution in [-0.2, 0) is 21.2 Å². The zero-order chi connectivity index (χ0) is 18.5. The van der Waals surface area contributed by atoms with E-state index < -0.39 is 34.2 Å². The van der Waals surface area contributed by atoms with Gasteiger partial charge in [-0.15, -0.1) is 0 Å². The summed E-state index contributed by atoms with van der Waals surface area (Å²) >= 11 is 0. The molecule has 0 aromatic carbocycles. The van der Waals surface area contributed by atoms with Crippen LogP contribution < -0.4 is 0 Å². The number of ether oxygens (including phenoxy) is 1. The molecule has 24 heavy (non-hydrogen) atoms. The van der Waals surface area contributed by atoms with Crippen molar-refractivity contribution in [2.24, 2.45) is 0 Å². The summed E-state index contributed by atoms with van der Waals surface area (Å²) in [6, 6.07) is 3.74. The van der Waals surface area contributed by atoms with Gasteiger partial charge in [0, 0.05) is 13.2 Å². The molecule has 0 amide bonds. The van der Waals surface area contributed by atoms with Crippen molar-refractivity contribution in [2.75, 3.05) is 13.2 Å². The van der Waals surface area contributed by atoms with Gasteiger partial charge in [0.1, 0.15) is 0 Å². The molecule has 1 saturated heterocycles. The molecule has 5 nitrogen and oxygen atoms in total. The van der Waals surface area contributed by atoms with Crippen LogP contribution in [0.4, 0.5) is 0 Å². The fourth-order valence-corrected chi connectivity index (χ4v) is 24.9. The first-order chi connectivity index (χ1) is 11.1. The molecule has 2 unspecified atom stereocenters. The van der Waals surface area contributed by atoms with Crippen LogP contribution in [-0.4, -0.2) is 47.5 Å². The Labute approximate surface area is 153 Å². The van der Waals surface area contributed by atoms with E-state index in [0.29, 0.717) is 0 Å². The molecular formula is C15H38O5Si4. The van der Waals surface area contributed by atoms with E-state index in [2.05, 4.69) is 47.0 Å². The van der Waals surface area contributed by atoms with Crippen LogP contribution in [0.5, 0.6) is 0 Å². The third-order valence-corrected chi connectivity index (χ3v) is 23.7. The Bertz CT molecular complexity index is 378. The van der Waals surface area contributed by atoms with Crippen molar-refractivity contribution in [3.05, 3.63) is 0 Å². The lowest BCUT2D eigenvalue weighted by Gasteiger charge is -2.50. The lowest BCUT2D eigenvalue weighted by Crippen LogP contribution is -2.66. The third-order valence-electron chi connectivity index (χ3n) is 4.78. The topological polar surface area (TPSA) is 46.2 Å². The van der Waals surface area contributed by atoms with Gasteiger partial charge in [0.15, 0.2) is 0 Å². The quantitative estimate of drug-likeness (QED) is 0.423. The predicted octanol–water partition coefficient (Wildman–Crippen LogP) is 4.84. The Balaban J connectivity index is 3.04. The zero-order valence-electron chi connectivity index (χ0n) is 17.0. The molecule has 0 aliphatic carbocycles. The minimum absolute atomic E-state index is 0.759. The largest absolute Gasteiger partial charge is 0.416 e. The maximum atomic E-state index is 6.76. The molecule has 0 aromatic rings. The van der Waals surface area contributed by atoms with Crippen molar-refractivity contribution in [1.29, 1.82) is 0 Å². The molecule has 0 N–H and O–H groups in total. The Morgan fingerprint density at radius 3 is 1.33 bits per heavy atom. The highest BCUT2D eigenvalue weighted by Crippen LogP contribution is 2.36. The fraction of sp³-hybridized carbons (Fsp3) is 1.00. The van der Waals surface area contributed by atoms with Gasteiger partial charge in [-0.3, -0.25) is 0 Å². The highest BCUT2D eigenvalue weighted by molar-refractivity contribution is 6.93. The van der Waals surface area contributed by atoms with Gasteiger partial charge >= 0.3 is 34.2 Å². The first-order valence-corrected chi connectivity index (χ1v) is 19.5. The van der Waals surface area contributed by atoms with Gasteiger partial charge in [0.05, 0.1) is 0 Å². The lowest BCUT2D eigenvalue weighted by molar-refractivity contribution is 0.145. The summed E-state index contributed by atoms with van der Waals surface area (Å²) in [6.45, 7) is 18.8. The standard InChI is InChI=1S/C15H38O5Si4/c1-9-16-14-13-15-24(8)19-22(6,11-3)17-21(5,10-2)18-23(7,12-4)20-24/h9-15H2,1-8H3. The van der Waals surface area contributed by atoms with Crippen LogP contribution in [0.15, 0.2) is 0 Å². The molecular weight excluding hydrogens is 373 g/mol. The molecule has 0 aromatic heterocycles. The second-order valence-electron chi connectivity index (χ2n) is 7.30. The van der Waals surface area contributed by atoms with Crippen molar-refractivity contribution in [2.45, 2.75) is 84.5 Å². The van der Waals surface area contributed by atoms with Crippen LogP contribution >= 0.6 is 0 Å². The molecule has 0 radical (unpaired) electrons. The lowest BCUT2D eigenvalue weighted by atomic mass is 10.5. The van der Waals surface area contributed by atoms with E-state index in [1.807, 2.05) is 6.92 Å². The summed E-state index contributed by atoms with van der Waals surface area (Å²) in [5.74, 6) is 0. The van der Waals surface area contributed by atoms with Gasteiger partial charge in [-0.1, -0.05) is 20.8 Å². The van der Waals surface area contributed by atoms with Crippen molar-refractivity contribution in [3.8, 4) is 0 Å². The maximum Gasteiger partial charge on any atom is 0.317 e. The van der Waals surface area contributed by atoms with Crippen molar-refractivity contribution in [1.82, 2.24) is 0 Å². The highest BCUT2D eigenvalue weighted by Gasteiger charge is 2.55. The molecule has 144 valence electrons. The molecule has 1 heterocycles. The minimum atomic E-state index is -2.34. The van der Waals surface area contributed by atoms with Gasteiger partial charge in [-0.05, 0) is 63.7 Å². The van der Waals surface area contributed by atoms with Crippen molar-refractivity contribution in [3.63, 3.8) is 0 Å². The minimum Gasteiger partial charge on any atom is -0.416 e. The van der Waals surface area contributed by atoms with E-state index in [1.54, 1.807) is 0 Å². The van der Waals surface area contributed by atoms with Crippen molar-refractivity contribution < 1.29 is 21.2 Å². The Morgan fingerprint density at radius 1 is 0.625 bits per heavy atom. The monoisotopic (exact) mass is 410 g/mol. The van der Waals surface area contributed by atoms with Gasteiger partial charge in [0.2, 0.25) is 0 Å². The van der Waals surface area contributed by atoms with Crippen LogP contribution in [0, 0.1) is 0 Å². The SMILES string of the molecule is CCOCCC[Si]1(C)O[Si](C)(CC)O[Si](C)(CC)O[Si](C)(CC)O1. The first-order valence-electron chi connectivity index (χ1n) is 9.45. The molecule has 9 heteroatoms. The Hall–Kier alpha value is 0.668. The molecule has 1 rings (SSSR count). The van der Waals surface area contributed by atoms with E-state index in [4.69, 9.17) is 21.2 Å². The van der Waals surface area contributed by atoms with Gasteiger partial charge in [0.25, 0.3) is 0 Å². The summed E-state index contributed by atoms with van der Waals surface area (Å²) in [7, 11) is -9.13. The zero-order valence-corrected chi connectivity index (χ0v) is 21.0. The van der Waals surface area contributed by atoms with E-state index in [9.17, 15) is 0 Å². The Morgan fingerprint density at radius 2 is 1.00 bits per heavy atom. The second kappa shape index (κ2) is 9.04. The van der Waals surface area contributed by atoms with Crippen LogP contribution in [0.3, 0.4) is 0 Å². The molecule has 0 spiro atoms. The summed E-state index contributed by atoms with van der Waals surface area (Å²) in [5.41, 5.74) is 0. The number of hydrogen-bond acceptors (Lipinski definition) is 5. The Kier molecular flexibility index (Phi) is 8.56. The van der Waals surface area contributed by atoms with E-state index >= 15 is 0 Å². The molecule has 1 aliphatic heterocycles. The van der Waals surface area contributed by atoms with Crippen molar-refractivity contribution >= 4 is 34.2 Å². The van der Waals surface area contributed by atoms with E-state index in [0.717, 1.165) is 43.8 Å². The second-order valence-corrected chi connectivity index (χ2v) is 22.3. The highest BCUT2D eigenvalue weighted by atomic mass is 28.5. The molecule has 0 bridgehead atoms. The van der Waals surface area contributed by atoms with E-state index in [1.165, 1.54) is 0 Å². The fourth-order valence-electron chi connectivity index (χ4n) is 3.08. The van der Waals surface area contributed by atoms with Gasteiger partial charge in [-0.25, -0.2) is 0 Å². The van der Waals surface area contributed by atoms with Crippen LogP contribution in [0.1, 0.15) is 34.1 Å². The number of rotatable bonds is 8. The average molecular weight is 411 g/mol. The normalized spacial score (nSPS) is 41.0. The number of hydrogen-bond donors (Lipinski definition) is 0. The maximum absolute atomic E-state index is 6.76. The van der Waals surface area contributed by atoms with E-state index in [-0.39, 0.29) is 0 Å². The first kappa shape index (κ1) is 22.7. The predicted molar refractivity (Wildman–Crippen MR) is 108 cm³/mol. The molecule has 1 aliphatic rings. The summed E-state index contributed by atoms with van der Waals surface area (Å²) in [6.07, 6.45) is 0.974. The summed E-state index contributed by atoms with van der Waals surface area (Å²) in [5, 5.41) is 0. The molecule has 1 fully saturated rings. The van der Waals surface area contributed by atoms with Gasteiger partial charge in [-0.2, -0.15) is 0 Å². The van der Waals surface area contributed by atoms with Gasteiger partial charge < -0.3 is 21.2 Å². The third kappa shape index (κ3) is 6.43. The summed E-state index contributed by atoms with van der Waals surface area (Å²) in [4.78, 5) is 0. The average Bonchev–Trinajstić information content (AvgIpc) is 2.50. The van der Waals surface area contributed by atoms with Crippen LogP contribution in [0.25, 0.3) is 0 Å².